The minimum Gasteiger partial charge on any atom is -0.478 e. The Hall–Kier alpha value is -1.34. The molecule has 8 heteroatoms. The molecular formula is C9H6CrNiO6. The first-order chi connectivity index (χ1) is 6.95. The van der Waals surface area contributed by atoms with E-state index in [0.29, 0.717) is 0 Å². The summed E-state index contributed by atoms with van der Waals surface area (Å²) in [5.41, 5.74) is -1.79. The van der Waals surface area contributed by atoms with E-state index in [-0.39, 0.29) is 33.9 Å². The van der Waals surface area contributed by atoms with Gasteiger partial charge in [0.25, 0.3) is 0 Å². The van der Waals surface area contributed by atoms with Crippen LogP contribution in [-0.4, -0.2) is 33.2 Å². The van der Waals surface area contributed by atoms with Gasteiger partial charge in [-0.05, 0) is 12.1 Å². The number of carbonyl (C=O) groups is 3. The number of benzene rings is 1. The van der Waals surface area contributed by atoms with Crippen molar-refractivity contribution < 1.29 is 63.6 Å². The molecule has 0 amide bonds. The molecule has 0 aliphatic heterocycles. The van der Waals surface area contributed by atoms with Gasteiger partial charge in [0, 0.05) is 33.9 Å². The molecule has 0 saturated carbocycles. The van der Waals surface area contributed by atoms with Crippen molar-refractivity contribution in [2.75, 3.05) is 0 Å². The average molecular weight is 321 g/mol. The van der Waals surface area contributed by atoms with E-state index in [1.54, 1.807) is 0 Å². The van der Waals surface area contributed by atoms with Crippen molar-refractivity contribution in [1.29, 1.82) is 0 Å². The number of aromatic carboxylic acids is 3. The molecule has 0 aliphatic rings. The summed E-state index contributed by atoms with van der Waals surface area (Å²) in [4.78, 5) is 32.0. The van der Waals surface area contributed by atoms with Crippen molar-refractivity contribution in [1.82, 2.24) is 0 Å². The molecule has 0 bridgehead atoms. The van der Waals surface area contributed by atoms with Gasteiger partial charge in [-0.3, -0.25) is 0 Å². The Morgan fingerprint density at radius 1 is 0.824 bits per heavy atom. The zero-order valence-electron chi connectivity index (χ0n) is 8.02. The van der Waals surface area contributed by atoms with E-state index in [9.17, 15) is 14.4 Å². The van der Waals surface area contributed by atoms with Crippen molar-refractivity contribution >= 4 is 17.9 Å². The Kier molecular flexibility index (Phi) is 7.50. The first-order valence-electron chi connectivity index (χ1n) is 3.78. The number of carboxylic acid groups (broad SMARTS) is 3. The van der Waals surface area contributed by atoms with E-state index >= 15 is 0 Å². The number of hydrogen-bond donors (Lipinski definition) is 3. The Bertz CT molecular complexity index is 427. The van der Waals surface area contributed by atoms with Crippen LogP contribution in [0.4, 0.5) is 0 Å². The van der Waals surface area contributed by atoms with Gasteiger partial charge >= 0.3 is 17.9 Å². The molecule has 0 heterocycles. The molecule has 1 aromatic carbocycles. The van der Waals surface area contributed by atoms with E-state index in [2.05, 4.69) is 0 Å². The summed E-state index contributed by atoms with van der Waals surface area (Å²) < 4.78 is 0. The fraction of sp³-hybridized carbons (Fsp3) is 0. The summed E-state index contributed by atoms with van der Waals surface area (Å²) in [5, 5.41) is 26.0. The summed E-state index contributed by atoms with van der Waals surface area (Å²) in [6.07, 6.45) is 0. The predicted octanol–water partition coefficient (Wildman–Crippen LogP) is 0.776. The quantitative estimate of drug-likeness (QED) is 0.709. The van der Waals surface area contributed by atoms with Gasteiger partial charge in [0.05, 0.1) is 16.7 Å². The third-order valence-corrected chi connectivity index (χ3v) is 1.74. The maximum absolute atomic E-state index is 10.7. The molecule has 17 heavy (non-hydrogen) atoms. The minimum absolute atomic E-state index is 0. The van der Waals surface area contributed by atoms with Gasteiger partial charge in [-0.1, -0.05) is 6.07 Å². The van der Waals surface area contributed by atoms with Crippen LogP contribution in [0.25, 0.3) is 0 Å². The summed E-state index contributed by atoms with van der Waals surface area (Å²) in [6, 6.07) is 3.26. The third kappa shape index (κ3) is 3.86. The van der Waals surface area contributed by atoms with Crippen LogP contribution in [0.15, 0.2) is 18.2 Å². The van der Waals surface area contributed by atoms with E-state index < -0.39 is 34.6 Å². The van der Waals surface area contributed by atoms with Crippen LogP contribution in [0.3, 0.4) is 0 Å². The van der Waals surface area contributed by atoms with Crippen molar-refractivity contribution in [3.05, 3.63) is 34.9 Å². The maximum Gasteiger partial charge on any atom is 0.337 e. The van der Waals surface area contributed by atoms with Crippen molar-refractivity contribution in [3.63, 3.8) is 0 Å². The maximum atomic E-state index is 10.7. The zero-order chi connectivity index (χ0) is 11.6. The largest absolute Gasteiger partial charge is 0.478 e. The second-order valence-corrected chi connectivity index (χ2v) is 2.64. The second-order valence-electron chi connectivity index (χ2n) is 2.64. The van der Waals surface area contributed by atoms with Crippen LogP contribution in [0.1, 0.15) is 31.1 Å². The van der Waals surface area contributed by atoms with Crippen LogP contribution in [0.2, 0.25) is 0 Å². The fourth-order valence-corrected chi connectivity index (χ4v) is 1.14. The molecule has 3 N–H and O–H groups in total. The molecule has 0 atom stereocenters. The molecule has 0 aliphatic carbocycles. The first-order valence-corrected chi connectivity index (χ1v) is 3.78. The van der Waals surface area contributed by atoms with Crippen LogP contribution in [-0.2, 0) is 33.9 Å². The van der Waals surface area contributed by atoms with Crippen molar-refractivity contribution in [2.24, 2.45) is 0 Å². The van der Waals surface area contributed by atoms with Gasteiger partial charge in [0.1, 0.15) is 0 Å². The van der Waals surface area contributed by atoms with Gasteiger partial charge in [-0.25, -0.2) is 14.4 Å². The Labute approximate surface area is 116 Å². The predicted molar refractivity (Wildman–Crippen MR) is 47.3 cm³/mol. The third-order valence-electron chi connectivity index (χ3n) is 1.74. The average Bonchev–Trinajstić information content (AvgIpc) is 2.16. The minimum atomic E-state index is -1.58. The molecule has 0 aromatic heterocycles. The summed E-state index contributed by atoms with van der Waals surface area (Å²) in [6.45, 7) is 0. The standard InChI is InChI=1S/C9H6O6.Cr.Ni/c10-7(11)4-2-1-3-5(8(12)13)6(4)9(14)15;;/h1-3H,(H,10,11)(H,12,13)(H,14,15);;. The van der Waals surface area contributed by atoms with E-state index in [0.717, 1.165) is 12.1 Å². The number of rotatable bonds is 3. The van der Waals surface area contributed by atoms with Gasteiger partial charge in [-0.15, -0.1) is 0 Å². The molecule has 1 aromatic rings. The monoisotopic (exact) mass is 320 g/mol. The molecule has 1 rings (SSSR count). The van der Waals surface area contributed by atoms with E-state index in [1.807, 2.05) is 0 Å². The summed E-state index contributed by atoms with van der Waals surface area (Å²) in [7, 11) is 0. The van der Waals surface area contributed by atoms with Gasteiger partial charge in [-0.2, -0.15) is 0 Å². The van der Waals surface area contributed by atoms with Crippen LogP contribution in [0.5, 0.6) is 0 Å². The molecule has 0 radical (unpaired) electrons. The van der Waals surface area contributed by atoms with Crippen LogP contribution < -0.4 is 0 Å². The number of carboxylic acids is 3. The second kappa shape index (κ2) is 7.07. The topological polar surface area (TPSA) is 112 Å². The number of hydrogen-bond acceptors (Lipinski definition) is 3. The van der Waals surface area contributed by atoms with Crippen LogP contribution in [0, 0.1) is 0 Å². The van der Waals surface area contributed by atoms with E-state index in [4.69, 9.17) is 15.3 Å². The Morgan fingerprint density at radius 2 is 1.18 bits per heavy atom. The molecule has 0 unspecified atom stereocenters. The van der Waals surface area contributed by atoms with Crippen molar-refractivity contribution in [2.45, 2.75) is 0 Å². The zero-order valence-corrected chi connectivity index (χ0v) is 10.3. The van der Waals surface area contributed by atoms with Crippen molar-refractivity contribution in [3.8, 4) is 0 Å². The normalized spacial score (nSPS) is 8.47. The van der Waals surface area contributed by atoms with Gasteiger partial charge in [0.2, 0.25) is 0 Å². The molecule has 0 spiro atoms. The van der Waals surface area contributed by atoms with Crippen LogP contribution >= 0.6 is 0 Å². The summed E-state index contributed by atoms with van der Waals surface area (Å²) >= 11 is 0. The molecule has 94 valence electrons. The SMILES string of the molecule is O=C(O)c1cccc(C(=O)O)c1C(=O)O.[Cr].[Ni]. The van der Waals surface area contributed by atoms with Gasteiger partial charge < -0.3 is 15.3 Å². The van der Waals surface area contributed by atoms with E-state index in [1.165, 1.54) is 6.07 Å². The molecule has 0 saturated heterocycles. The fourth-order valence-electron chi connectivity index (χ4n) is 1.14. The van der Waals surface area contributed by atoms with Gasteiger partial charge in [0.15, 0.2) is 0 Å². The molecule has 6 nitrogen and oxygen atoms in total. The Morgan fingerprint density at radius 3 is 1.41 bits per heavy atom. The molecule has 0 fully saturated rings. The molecular weight excluding hydrogens is 315 g/mol. The first kappa shape index (κ1) is 18.0. The Balaban J connectivity index is 0. The smallest absolute Gasteiger partial charge is 0.337 e. The summed E-state index contributed by atoms with van der Waals surface area (Å²) in [5.74, 6) is -4.53.